The molecule has 16 heavy (non-hydrogen) atoms. The lowest BCUT2D eigenvalue weighted by Crippen LogP contribution is -2.22. The number of nitrogens with zero attached hydrogens (tertiary/aromatic N) is 1. The molecule has 0 unspecified atom stereocenters. The predicted molar refractivity (Wildman–Crippen MR) is 56.5 cm³/mol. The second kappa shape index (κ2) is 3.51. The summed E-state index contributed by atoms with van der Waals surface area (Å²) in [6.07, 6.45) is 1.42. The smallest absolute Gasteiger partial charge is 0.289 e. The minimum absolute atomic E-state index is 0.229. The van der Waals surface area contributed by atoms with E-state index in [4.69, 9.17) is 11.0 Å². The zero-order valence-corrected chi connectivity index (χ0v) is 8.15. The number of nitriles is 1. The number of hydrogen-bond acceptors (Lipinski definition) is 3. The second-order valence-corrected chi connectivity index (χ2v) is 3.27. The SMILES string of the molecule is N#Cc1ccc2c(C(=O)C(N)=O)c[nH]c2c1. The number of amides is 1. The number of Topliss-reactive ketones (excluding diaryl/α,β-unsaturated/α-hetero) is 1. The lowest BCUT2D eigenvalue weighted by molar-refractivity contribution is -0.114. The highest BCUT2D eigenvalue weighted by Gasteiger charge is 2.16. The van der Waals surface area contributed by atoms with Crippen LogP contribution in [0.25, 0.3) is 10.9 Å². The summed E-state index contributed by atoms with van der Waals surface area (Å²) in [7, 11) is 0. The highest BCUT2D eigenvalue weighted by Crippen LogP contribution is 2.19. The van der Waals surface area contributed by atoms with Gasteiger partial charge in [-0.25, -0.2) is 0 Å². The Hall–Kier alpha value is -2.61. The van der Waals surface area contributed by atoms with Gasteiger partial charge in [0.05, 0.1) is 17.2 Å². The van der Waals surface area contributed by atoms with Crippen LogP contribution in [-0.4, -0.2) is 16.7 Å². The first-order valence-electron chi connectivity index (χ1n) is 4.49. The molecule has 0 saturated carbocycles. The monoisotopic (exact) mass is 213 g/mol. The fourth-order valence-electron chi connectivity index (χ4n) is 1.52. The van der Waals surface area contributed by atoms with Gasteiger partial charge in [-0.2, -0.15) is 5.26 Å². The van der Waals surface area contributed by atoms with Crippen molar-refractivity contribution in [1.82, 2.24) is 4.98 Å². The molecule has 5 heteroatoms. The molecule has 0 fully saturated rings. The van der Waals surface area contributed by atoms with E-state index >= 15 is 0 Å². The zero-order chi connectivity index (χ0) is 11.7. The Morgan fingerprint density at radius 2 is 2.12 bits per heavy atom. The third kappa shape index (κ3) is 1.42. The van der Waals surface area contributed by atoms with Crippen molar-refractivity contribution in [1.29, 1.82) is 5.26 Å². The van der Waals surface area contributed by atoms with Crippen molar-refractivity contribution in [3.8, 4) is 6.07 Å². The van der Waals surface area contributed by atoms with Crippen LogP contribution in [0.2, 0.25) is 0 Å². The van der Waals surface area contributed by atoms with Gasteiger partial charge in [0, 0.05) is 17.1 Å². The van der Waals surface area contributed by atoms with Gasteiger partial charge >= 0.3 is 0 Å². The van der Waals surface area contributed by atoms with Crippen molar-refractivity contribution in [2.45, 2.75) is 0 Å². The van der Waals surface area contributed by atoms with Gasteiger partial charge in [0.15, 0.2) is 0 Å². The maximum atomic E-state index is 11.4. The van der Waals surface area contributed by atoms with E-state index < -0.39 is 11.7 Å². The summed E-state index contributed by atoms with van der Waals surface area (Å²) >= 11 is 0. The molecule has 0 spiro atoms. The lowest BCUT2D eigenvalue weighted by Gasteiger charge is -1.94. The fourth-order valence-corrected chi connectivity index (χ4v) is 1.52. The Labute approximate surface area is 90.5 Å². The zero-order valence-electron chi connectivity index (χ0n) is 8.15. The molecular formula is C11H7N3O2. The molecule has 0 aliphatic carbocycles. The number of hydrogen-bond donors (Lipinski definition) is 2. The Kier molecular flexibility index (Phi) is 2.18. The van der Waals surface area contributed by atoms with E-state index in [1.165, 1.54) is 6.20 Å². The molecule has 0 saturated heterocycles. The summed E-state index contributed by atoms with van der Waals surface area (Å²) in [5.74, 6) is -1.73. The van der Waals surface area contributed by atoms with Crippen LogP contribution in [0.5, 0.6) is 0 Å². The van der Waals surface area contributed by atoms with Crippen molar-refractivity contribution in [3.05, 3.63) is 35.5 Å². The van der Waals surface area contributed by atoms with Gasteiger partial charge in [0.2, 0.25) is 0 Å². The molecule has 1 amide bonds. The van der Waals surface area contributed by atoms with Crippen molar-refractivity contribution in [2.75, 3.05) is 0 Å². The molecule has 3 N–H and O–H groups in total. The van der Waals surface area contributed by atoms with Crippen LogP contribution in [-0.2, 0) is 4.79 Å². The predicted octanol–water partition coefficient (Wildman–Crippen LogP) is 0.708. The molecular weight excluding hydrogens is 206 g/mol. The van der Waals surface area contributed by atoms with E-state index in [1.54, 1.807) is 18.2 Å². The molecule has 1 aromatic carbocycles. The summed E-state index contributed by atoms with van der Waals surface area (Å²) in [6, 6.07) is 6.78. The van der Waals surface area contributed by atoms with Gasteiger partial charge in [-0.1, -0.05) is 6.07 Å². The quantitative estimate of drug-likeness (QED) is 0.567. The third-order valence-corrected chi connectivity index (χ3v) is 2.28. The topological polar surface area (TPSA) is 99.7 Å². The minimum Gasteiger partial charge on any atom is -0.363 e. The number of nitrogens with two attached hydrogens (primary N) is 1. The number of aromatic nitrogens is 1. The van der Waals surface area contributed by atoms with E-state index in [2.05, 4.69) is 4.98 Å². The molecule has 0 aliphatic rings. The molecule has 0 bridgehead atoms. The Morgan fingerprint density at radius 3 is 2.75 bits per heavy atom. The molecule has 1 aromatic heterocycles. The summed E-state index contributed by atoms with van der Waals surface area (Å²) in [5, 5.41) is 9.28. The first-order valence-corrected chi connectivity index (χ1v) is 4.49. The Bertz CT molecular complexity index is 634. The van der Waals surface area contributed by atoms with Crippen LogP contribution in [0, 0.1) is 11.3 Å². The second-order valence-electron chi connectivity index (χ2n) is 3.27. The third-order valence-electron chi connectivity index (χ3n) is 2.28. The van der Waals surface area contributed by atoms with Crippen molar-refractivity contribution in [3.63, 3.8) is 0 Å². The fraction of sp³-hybridized carbons (Fsp3) is 0. The van der Waals surface area contributed by atoms with Crippen LogP contribution < -0.4 is 5.73 Å². The largest absolute Gasteiger partial charge is 0.363 e. The number of nitrogens with one attached hydrogen (secondary N) is 1. The number of ketones is 1. The van der Waals surface area contributed by atoms with Crippen LogP contribution >= 0.6 is 0 Å². The van der Waals surface area contributed by atoms with Gasteiger partial charge in [0.25, 0.3) is 11.7 Å². The number of carbonyl (C=O) groups excluding carboxylic acids is 2. The highest BCUT2D eigenvalue weighted by atomic mass is 16.2. The van der Waals surface area contributed by atoms with Gasteiger partial charge in [-0.05, 0) is 12.1 Å². The average molecular weight is 213 g/mol. The highest BCUT2D eigenvalue weighted by molar-refractivity contribution is 6.44. The molecule has 2 rings (SSSR count). The van der Waals surface area contributed by atoms with Crippen molar-refractivity contribution in [2.24, 2.45) is 5.73 Å². The number of H-pyrrole nitrogens is 1. The molecule has 0 atom stereocenters. The van der Waals surface area contributed by atoms with Crippen LogP contribution in [0.15, 0.2) is 24.4 Å². The average Bonchev–Trinajstić information content (AvgIpc) is 2.70. The Balaban J connectivity index is 2.63. The van der Waals surface area contributed by atoms with Crippen molar-refractivity contribution >= 4 is 22.6 Å². The standard InChI is InChI=1S/C11H7N3O2/c12-4-6-1-2-7-8(10(15)11(13)16)5-14-9(7)3-6/h1-3,5,14H,(H2,13,16). The van der Waals surface area contributed by atoms with Crippen LogP contribution in [0.4, 0.5) is 0 Å². The number of benzene rings is 1. The van der Waals surface area contributed by atoms with Gasteiger partial charge in [-0.15, -0.1) is 0 Å². The van der Waals surface area contributed by atoms with Gasteiger partial charge < -0.3 is 10.7 Å². The molecule has 1 heterocycles. The normalized spacial score (nSPS) is 9.94. The van der Waals surface area contributed by atoms with Crippen LogP contribution in [0.3, 0.4) is 0 Å². The maximum absolute atomic E-state index is 11.4. The first kappa shape index (κ1) is 9.93. The number of rotatable bonds is 2. The van der Waals surface area contributed by atoms with E-state index in [1.807, 2.05) is 6.07 Å². The lowest BCUT2D eigenvalue weighted by atomic mass is 10.1. The number of aromatic amines is 1. The minimum atomic E-state index is -0.995. The number of fused-ring (bicyclic) bond motifs is 1. The van der Waals surface area contributed by atoms with E-state index in [9.17, 15) is 9.59 Å². The summed E-state index contributed by atoms with van der Waals surface area (Å²) in [4.78, 5) is 25.0. The number of carbonyl (C=O) groups is 2. The van der Waals surface area contributed by atoms with Gasteiger partial charge in [0.1, 0.15) is 0 Å². The molecule has 0 aliphatic heterocycles. The maximum Gasteiger partial charge on any atom is 0.289 e. The van der Waals surface area contributed by atoms with E-state index in [-0.39, 0.29) is 5.56 Å². The summed E-state index contributed by atoms with van der Waals surface area (Å²) in [6.45, 7) is 0. The molecule has 78 valence electrons. The first-order chi connectivity index (χ1) is 7.63. The summed E-state index contributed by atoms with van der Waals surface area (Å²) in [5.41, 5.74) is 6.26. The summed E-state index contributed by atoms with van der Waals surface area (Å²) < 4.78 is 0. The van der Waals surface area contributed by atoms with Gasteiger partial charge in [-0.3, -0.25) is 9.59 Å². The van der Waals surface area contributed by atoms with E-state index in [0.717, 1.165) is 0 Å². The molecule has 0 radical (unpaired) electrons. The number of primary amides is 1. The van der Waals surface area contributed by atoms with Crippen LogP contribution in [0.1, 0.15) is 15.9 Å². The van der Waals surface area contributed by atoms with E-state index in [0.29, 0.717) is 16.5 Å². The van der Waals surface area contributed by atoms with Crippen molar-refractivity contribution < 1.29 is 9.59 Å². The molecule has 2 aromatic rings. The molecule has 5 nitrogen and oxygen atoms in total. The Morgan fingerprint density at radius 1 is 1.38 bits per heavy atom.